The number of ether oxygens (including phenoxy) is 1. The van der Waals surface area contributed by atoms with Crippen molar-refractivity contribution >= 4 is 11.8 Å². The third-order valence-corrected chi connectivity index (χ3v) is 3.02. The Hall–Kier alpha value is -1.88. The van der Waals surface area contributed by atoms with Crippen LogP contribution in [0, 0.1) is 6.92 Å². The van der Waals surface area contributed by atoms with Gasteiger partial charge in [-0.1, -0.05) is 6.92 Å². The number of rotatable bonds is 8. The van der Waals surface area contributed by atoms with Crippen LogP contribution in [-0.2, 0) is 4.79 Å². The fraction of sp³-hybridized carbons (Fsp3) is 0.467. The molecule has 1 aromatic rings. The van der Waals surface area contributed by atoms with Crippen LogP contribution in [0.3, 0.4) is 0 Å². The summed E-state index contributed by atoms with van der Waals surface area (Å²) in [4.78, 5) is 23.2. The molecule has 2 N–H and O–H groups in total. The minimum Gasteiger partial charge on any atom is -0.496 e. The molecule has 110 valence electrons. The minimum absolute atomic E-state index is 0.202. The number of benzene rings is 1. The van der Waals surface area contributed by atoms with E-state index in [2.05, 4.69) is 5.32 Å². The van der Waals surface area contributed by atoms with E-state index in [1.54, 1.807) is 25.3 Å². The second-order valence-corrected chi connectivity index (χ2v) is 4.65. The number of nitrogens with one attached hydrogen (secondary N) is 1. The van der Waals surface area contributed by atoms with E-state index < -0.39 is 12.0 Å². The molecule has 0 saturated carbocycles. The lowest BCUT2D eigenvalue weighted by atomic mass is 9.99. The summed E-state index contributed by atoms with van der Waals surface area (Å²) in [5, 5.41) is 11.9. The minimum atomic E-state index is -0.989. The van der Waals surface area contributed by atoms with Gasteiger partial charge < -0.3 is 15.2 Å². The van der Waals surface area contributed by atoms with Crippen molar-refractivity contribution in [2.45, 2.75) is 32.7 Å². The largest absolute Gasteiger partial charge is 0.496 e. The zero-order valence-corrected chi connectivity index (χ0v) is 12.1. The Labute approximate surface area is 118 Å². The fourth-order valence-electron chi connectivity index (χ4n) is 1.98. The summed E-state index contributed by atoms with van der Waals surface area (Å²) in [5.41, 5.74) is 1.35. The second kappa shape index (κ2) is 7.65. The summed E-state index contributed by atoms with van der Waals surface area (Å²) in [7, 11) is 1.57. The van der Waals surface area contributed by atoms with Crippen LogP contribution in [0.4, 0.5) is 0 Å². The number of Topliss-reactive ketones (excluding diaryl/α,β-unsaturated/α-hetero) is 1. The van der Waals surface area contributed by atoms with E-state index >= 15 is 0 Å². The van der Waals surface area contributed by atoms with Crippen molar-refractivity contribution in [1.82, 2.24) is 5.32 Å². The van der Waals surface area contributed by atoms with Gasteiger partial charge >= 0.3 is 5.97 Å². The number of hydrogen-bond donors (Lipinski definition) is 2. The molecule has 1 atom stereocenters. The highest BCUT2D eigenvalue weighted by atomic mass is 16.5. The maximum atomic E-state index is 12.4. The molecule has 20 heavy (non-hydrogen) atoms. The highest BCUT2D eigenvalue weighted by molar-refractivity contribution is 6.02. The summed E-state index contributed by atoms with van der Waals surface area (Å²) >= 11 is 0. The standard InChI is InChI=1S/C15H21NO4/c1-4-7-16-12(9-14(17)18)15(19)11-5-6-13(20-3)10(2)8-11/h5-6,8,12,16H,4,7,9H2,1-3H3,(H,17,18). The van der Waals surface area contributed by atoms with Gasteiger partial charge in [0, 0.05) is 5.56 Å². The molecule has 0 heterocycles. The number of carbonyl (C=O) groups excluding carboxylic acids is 1. The second-order valence-electron chi connectivity index (χ2n) is 4.65. The number of hydrogen-bond acceptors (Lipinski definition) is 4. The molecule has 5 heteroatoms. The van der Waals surface area contributed by atoms with E-state index in [9.17, 15) is 9.59 Å². The molecule has 0 amide bonds. The average molecular weight is 279 g/mol. The van der Waals surface area contributed by atoms with E-state index in [-0.39, 0.29) is 12.2 Å². The lowest BCUT2D eigenvalue weighted by molar-refractivity contribution is -0.137. The summed E-state index contributed by atoms with van der Waals surface area (Å²) in [6, 6.07) is 4.42. The summed E-state index contributed by atoms with van der Waals surface area (Å²) in [6.45, 7) is 4.42. The predicted octanol–water partition coefficient (Wildman–Crippen LogP) is 2.03. The Morgan fingerprint density at radius 1 is 1.40 bits per heavy atom. The Morgan fingerprint density at radius 2 is 2.10 bits per heavy atom. The van der Waals surface area contributed by atoms with Crippen molar-refractivity contribution in [2.24, 2.45) is 0 Å². The van der Waals surface area contributed by atoms with E-state index in [1.165, 1.54) is 0 Å². The zero-order chi connectivity index (χ0) is 15.1. The van der Waals surface area contributed by atoms with Crippen LogP contribution in [0.2, 0.25) is 0 Å². The Balaban J connectivity index is 2.92. The topological polar surface area (TPSA) is 75.6 Å². The molecule has 1 rings (SSSR count). The highest BCUT2D eigenvalue weighted by Gasteiger charge is 2.22. The van der Waals surface area contributed by atoms with Gasteiger partial charge in [0.2, 0.25) is 0 Å². The molecule has 0 saturated heterocycles. The van der Waals surface area contributed by atoms with Crippen LogP contribution in [0.25, 0.3) is 0 Å². The van der Waals surface area contributed by atoms with E-state index in [1.807, 2.05) is 13.8 Å². The number of carboxylic acid groups (broad SMARTS) is 1. The van der Waals surface area contributed by atoms with Gasteiger partial charge in [-0.15, -0.1) is 0 Å². The predicted molar refractivity (Wildman–Crippen MR) is 76.4 cm³/mol. The van der Waals surface area contributed by atoms with Crippen LogP contribution in [0.15, 0.2) is 18.2 Å². The first-order valence-electron chi connectivity index (χ1n) is 6.63. The zero-order valence-electron chi connectivity index (χ0n) is 12.1. The lowest BCUT2D eigenvalue weighted by Gasteiger charge is -2.16. The van der Waals surface area contributed by atoms with Gasteiger partial charge in [-0.25, -0.2) is 0 Å². The van der Waals surface area contributed by atoms with Crippen LogP contribution < -0.4 is 10.1 Å². The maximum Gasteiger partial charge on any atom is 0.305 e. The number of carboxylic acids is 1. The summed E-state index contributed by atoms with van der Waals surface area (Å²) < 4.78 is 5.15. The number of aliphatic carboxylic acids is 1. The highest BCUT2D eigenvalue weighted by Crippen LogP contribution is 2.19. The average Bonchev–Trinajstić information content (AvgIpc) is 2.42. The Kier molecular flexibility index (Phi) is 6.18. The first-order valence-corrected chi connectivity index (χ1v) is 6.63. The van der Waals surface area contributed by atoms with Gasteiger partial charge in [0.1, 0.15) is 5.75 Å². The molecular weight excluding hydrogens is 258 g/mol. The van der Waals surface area contributed by atoms with Gasteiger partial charge in [-0.3, -0.25) is 9.59 Å². The molecule has 5 nitrogen and oxygen atoms in total. The molecule has 1 unspecified atom stereocenters. The number of ketones is 1. The Bertz CT molecular complexity index is 485. The molecule has 0 fully saturated rings. The molecule has 0 aliphatic heterocycles. The molecule has 0 aliphatic carbocycles. The first-order chi connectivity index (χ1) is 9.49. The van der Waals surface area contributed by atoms with Crippen molar-refractivity contribution < 1.29 is 19.4 Å². The molecule has 1 aromatic carbocycles. The maximum absolute atomic E-state index is 12.4. The van der Waals surface area contributed by atoms with Crippen LogP contribution in [-0.4, -0.2) is 36.6 Å². The van der Waals surface area contributed by atoms with Crippen molar-refractivity contribution in [1.29, 1.82) is 0 Å². The molecule has 0 radical (unpaired) electrons. The third kappa shape index (κ3) is 4.35. The number of methoxy groups -OCH3 is 1. The van der Waals surface area contributed by atoms with Crippen molar-refractivity contribution in [3.8, 4) is 5.75 Å². The SMILES string of the molecule is CCCNC(CC(=O)O)C(=O)c1ccc(OC)c(C)c1. The number of aryl methyl sites for hydroxylation is 1. The molecule has 0 aromatic heterocycles. The third-order valence-electron chi connectivity index (χ3n) is 3.02. The van der Waals surface area contributed by atoms with Gasteiger partial charge in [-0.2, -0.15) is 0 Å². The van der Waals surface area contributed by atoms with Gasteiger partial charge in [0.05, 0.1) is 19.6 Å². The normalized spacial score (nSPS) is 11.9. The number of carbonyl (C=O) groups is 2. The smallest absolute Gasteiger partial charge is 0.305 e. The fourth-order valence-corrected chi connectivity index (χ4v) is 1.98. The van der Waals surface area contributed by atoms with Gasteiger partial charge in [0.15, 0.2) is 5.78 Å². The quantitative estimate of drug-likeness (QED) is 0.712. The van der Waals surface area contributed by atoms with Gasteiger partial charge in [0.25, 0.3) is 0 Å². The van der Waals surface area contributed by atoms with E-state index in [4.69, 9.17) is 9.84 Å². The van der Waals surface area contributed by atoms with Crippen LogP contribution >= 0.6 is 0 Å². The van der Waals surface area contributed by atoms with E-state index in [0.29, 0.717) is 17.9 Å². The van der Waals surface area contributed by atoms with Crippen molar-refractivity contribution in [3.05, 3.63) is 29.3 Å². The molecule has 0 bridgehead atoms. The monoisotopic (exact) mass is 279 g/mol. The molecule has 0 aliphatic rings. The van der Waals surface area contributed by atoms with Crippen molar-refractivity contribution in [3.63, 3.8) is 0 Å². The van der Waals surface area contributed by atoms with Gasteiger partial charge in [-0.05, 0) is 43.7 Å². The summed E-state index contributed by atoms with van der Waals surface area (Å²) in [6.07, 6.45) is 0.620. The van der Waals surface area contributed by atoms with Crippen LogP contribution in [0.5, 0.6) is 5.75 Å². The van der Waals surface area contributed by atoms with E-state index in [0.717, 1.165) is 12.0 Å². The van der Waals surface area contributed by atoms with Crippen molar-refractivity contribution in [2.75, 3.05) is 13.7 Å². The van der Waals surface area contributed by atoms with Crippen LogP contribution in [0.1, 0.15) is 35.7 Å². The summed E-state index contributed by atoms with van der Waals surface area (Å²) in [5.74, 6) is -0.485. The Morgan fingerprint density at radius 3 is 2.60 bits per heavy atom. The molecule has 0 spiro atoms. The lowest BCUT2D eigenvalue weighted by Crippen LogP contribution is -2.39. The molecular formula is C15H21NO4. The first kappa shape index (κ1) is 16.2.